The van der Waals surface area contributed by atoms with E-state index in [1.54, 1.807) is 0 Å². The minimum atomic E-state index is 1.07. The van der Waals surface area contributed by atoms with Gasteiger partial charge in [-0.3, -0.25) is 0 Å². The molecule has 2 heterocycles. The minimum absolute atomic E-state index is 1.07. The number of benzene rings is 12. The molecule has 0 unspecified atom stereocenters. The third-order valence-corrected chi connectivity index (χ3v) is 15.6. The van der Waals surface area contributed by atoms with E-state index in [9.17, 15) is 0 Å². The lowest BCUT2D eigenvalue weighted by Gasteiger charge is -2.29. The maximum atomic E-state index is 2.46. The standard InChI is InChI=1S/C68H44N2S/c1-2-17-45(18-3-1)54-42-37-49(62-43-48-19-4-5-20-52(48)56-22-6-7-23-57(56)62)44-66(54)69(51-40-35-47(36-41-51)55-27-16-28-61-60-26-11-15-32-67(60)71-68(55)61)50-38-33-46(34-39-50)53-21-8-12-29-63(53)70-64-30-13-9-24-58(64)59-25-10-14-31-65(59)70/h1-44H. The molecule has 0 spiro atoms. The fourth-order valence-electron chi connectivity index (χ4n) is 11.1. The highest BCUT2D eigenvalue weighted by Gasteiger charge is 2.22. The quantitative estimate of drug-likeness (QED) is 0.138. The Bertz CT molecular complexity index is 4280. The minimum Gasteiger partial charge on any atom is -0.310 e. The maximum Gasteiger partial charge on any atom is 0.0546 e. The van der Waals surface area contributed by atoms with E-state index >= 15 is 0 Å². The van der Waals surface area contributed by atoms with Crippen LogP contribution in [0.3, 0.4) is 0 Å². The van der Waals surface area contributed by atoms with E-state index in [0.29, 0.717) is 0 Å². The molecule has 0 radical (unpaired) electrons. The Morgan fingerprint density at radius 1 is 0.296 bits per heavy atom. The molecule has 71 heavy (non-hydrogen) atoms. The van der Waals surface area contributed by atoms with Gasteiger partial charge in [0.05, 0.1) is 22.4 Å². The molecular weight excluding hydrogens is 877 g/mol. The van der Waals surface area contributed by atoms with Crippen molar-refractivity contribution in [2.45, 2.75) is 0 Å². The lowest BCUT2D eigenvalue weighted by molar-refractivity contribution is 1.18. The van der Waals surface area contributed by atoms with E-state index in [-0.39, 0.29) is 0 Å². The van der Waals surface area contributed by atoms with Crippen LogP contribution in [0.25, 0.3) is 114 Å². The Morgan fingerprint density at radius 3 is 1.55 bits per heavy atom. The van der Waals surface area contributed by atoms with E-state index < -0.39 is 0 Å². The molecule has 2 aromatic heterocycles. The number of thiophene rings is 1. The van der Waals surface area contributed by atoms with Gasteiger partial charge in [-0.2, -0.15) is 0 Å². The highest BCUT2D eigenvalue weighted by Crippen LogP contribution is 2.47. The van der Waals surface area contributed by atoms with Gasteiger partial charge in [0.25, 0.3) is 0 Å². The SMILES string of the molecule is c1ccc(-c2ccc(-c3cc4ccccc4c4ccccc34)cc2N(c2ccc(-c3ccccc3-n3c4ccccc4c4ccccc43)cc2)c2ccc(-c3cccc4c3sc3ccccc34)cc2)cc1. The van der Waals surface area contributed by atoms with Crippen LogP contribution in [0, 0.1) is 0 Å². The van der Waals surface area contributed by atoms with Crippen LogP contribution < -0.4 is 4.90 Å². The first-order valence-corrected chi connectivity index (χ1v) is 25.1. The second kappa shape index (κ2) is 16.9. The Balaban J connectivity index is 0.964. The Kier molecular flexibility index (Phi) is 9.75. The van der Waals surface area contributed by atoms with E-state index in [2.05, 4.69) is 276 Å². The number of hydrogen-bond donors (Lipinski definition) is 0. The van der Waals surface area contributed by atoms with Crippen LogP contribution in [0.5, 0.6) is 0 Å². The summed E-state index contributed by atoms with van der Waals surface area (Å²) >= 11 is 1.88. The molecule has 2 nitrogen and oxygen atoms in total. The molecule has 0 atom stereocenters. The molecule has 0 saturated carbocycles. The van der Waals surface area contributed by atoms with Crippen molar-refractivity contribution < 1.29 is 0 Å². The zero-order valence-corrected chi connectivity index (χ0v) is 39.5. The Morgan fingerprint density at radius 2 is 0.817 bits per heavy atom. The predicted molar refractivity (Wildman–Crippen MR) is 305 cm³/mol. The summed E-state index contributed by atoms with van der Waals surface area (Å²) in [5, 5.41) is 10.1. The van der Waals surface area contributed by atoms with Crippen LogP contribution in [-0.2, 0) is 0 Å². The van der Waals surface area contributed by atoms with Crippen LogP contribution in [-0.4, -0.2) is 4.57 Å². The molecule has 0 N–H and O–H groups in total. The van der Waals surface area contributed by atoms with Crippen molar-refractivity contribution in [3.8, 4) is 50.2 Å². The van der Waals surface area contributed by atoms with Crippen molar-refractivity contribution >= 4 is 91.9 Å². The van der Waals surface area contributed by atoms with Gasteiger partial charge in [-0.25, -0.2) is 0 Å². The first-order chi connectivity index (χ1) is 35.2. The predicted octanol–water partition coefficient (Wildman–Crippen LogP) is 19.6. The molecule has 14 aromatic rings. The maximum absolute atomic E-state index is 2.46. The molecule has 0 aliphatic heterocycles. The highest BCUT2D eigenvalue weighted by atomic mass is 32.1. The monoisotopic (exact) mass is 920 g/mol. The molecule has 0 fully saturated rings. The van der Waals surface area contributed by atoms with E-state index in [0.717, 1.165) is 45.0 Å². The van der Waals surface area contributed by atoms with Crippen LogP contribution in [0.1, 0.15) is 0 Å². The topological polar surface area (TPSA) is 8.17 Å². The fourth-order valence-corrected chi connectivity index (χ4v) is 12.4. The second-order valence-corrected chi connectivity index (χ2v) is 19.4. The summed E-state index contributed by atoms with van der Waals surface area (Å²) in [5.74, 6) is 0. The summed E-state index contributed by atoms with van der Waals surface area (Å²) in [7, 11) is 0. The number of fused-ring (bicyclic) bond motifs is 9. The molecule has 0 saturated heterocycles. The lowest BCUT2D eigenvalue weighted by atomic mass is 9.91. The summed E-state index contributed by atoms with van der Waals surface area (Å²) in [6.45, 7) is 0. The van der Waals surface area contributed by atoms with Gasteiger partial charge in [0.2, 0.25) is 0 Å². The summed E-state index contributed by atoms with van der Waals surface area (Å²) in [4.78, 5) is 2.46. The molecule has 0 bridgehead atoms. The summed E-state index contributed by atoms with van der Waals surface area (Å²) in [6.07, 6.45) is 0. The van der Waals surface area contributed by atoms with Gasteiger partial charge < -0.3 is 9.47 Å². The van der Waals surface area contributed by atoms with E-state index in [1.807, 2.05) is 11.3 Å². The number of hydrogen-bond acceptors (Lipinski definition) is 2. The van der Waals surface area contributed by atoms with E-state index in [1.165, 1.54) is 85.8 Å². The normalized spacial score (nSPS) is 11.7. The van der Waals surface area contributed by atoms with Crippen LogP contribution >= 0.6 is 11.3 Å². The average Bonchev–Trinajstić information content (AvgIpc) is 4.00. The highest BCUT2D eigenvalue weighted by molar-refractivity contribution is 7.26. The first-order valence-electron chi connectivity index (χ1n) is 24.3. The Labute approximate surface area is 416 Å². The molecule has 332 valence electrons. The summed E-state index contributed by atoms with van der Waals surface area (Å²) < 4.78 is 5.05. The van der Waals surface area contributed by atoms with Crippen molar-refractivity contribution in [2.75, 3.05) is 4.90 Å². The third-order valence-electron chi connectivity index (χ3n) is 14.4. The van der Waals surface area contributed by atoms with Gasteiger partial charge in [-0.15, -0.1) is 11.3 Å². The molecule has 0 aliphatic carbocycles. The first kappa shape index (κ1) is 41.0. The zero-order valence-electron chi connectivity index (χ0n) is 38.7. The van der Waals surface area contributed by atoms with Gasteiger partial charge in [0.1, 0.15) is 0 Å². The second-order valence-electron chi connectivity index (χ2n) is 18.4. The van der Waals surface area contributed by atoms with E-state index in [4.69, 9.17) is 0 Å². The number of rotatable bonds is 8. The van der Waals surface area contributed by atoms with Crippen molar-refractivity contribution in [3.63, 3.8) is 0 Å². The number of para-hydroxylation sites is 3. The van der Waals surface area contributed by atoms with Gasteiger partial charge in [-0.05, 0) is 116 Å². The fraction of sp³-hybridized carbons (Fsp3) is 0. The van der Waals surface area contributed by atoms with Crippen molar-refractivity contribution in [2.24, 2.45) is 0 Å². The zero-order chi connectivity index (χ0) is 46.8. The largest absolute Gasteiger partial charge is 0.310 e. The molecule has 0 aliphatic rings. The van der Waals surface area contributed by atoms with Gasteiger partial charge in [0, 0.05) is 53.4 Å². The Hall–Kier alpha value is -9.02. The average molecular weight is 921 g/mol. The van der Waals surface area contributed by atoms with Gasteiger partial charge in [0.15, 0.2) is 0 Å². The molecule has 3 heteroatoms. The van der Waals surface area contributed by atoms with Crippen molar-refractivity contribution in [1.29, 1.82) is 0 Å². The van der Waals surface area contributed by atoms with Crippen LogP contribution in [0.4, 0.5) is 17.1 Å². The summed E-state index contributed by atoms with van der Waals surface area (Å²) in [5.41, 5.74) is 16.3. The number of aromatic nitrogens is 1. The summed E-state index contributed by atoms with van der Waals surface area (Å²) in [6, 6.07) is 98.1. The smallest absolute Gasteiger partial charge is 0.0546 e. The van der Waals surface area contributed by atoms with Crippen LogP contribution in [0.2, 0.25) is 0 Å². The van der Waals surface area contributed by atoms with Gasteiger partial charge in [-0.1, -0.05) is 206 Å². The van der Waals surface area contributed by atoms with Crippen LogP contribution in [0.15, 0.2) is 267 Å². The third kappa shape index (κ3) is 6.85. The molecule has 12 aromatic carbocycles. The van der Waals surface area contributed by atoms with Gasteiger partial charge >= 0.3 is 0 Å². The molecule has 0 amide bonds. The molecular formula is C68H44N2S. The van der Waals surface area contributed by atoms with Crippen molar-refractivity contribution in [1.82, 2.24) is 4.57 Å². The number of anilines is 3. The lowest BCUT2D eigenvalue weighted by Crippen LogP contribution is -2.11. The number of nitrogens with zero attached hydrogens (tertiary/aromatic N) is 2. The molecule has 14 rings (SSSR count). The van der Waals surface area contributed by atoms with Crippen molar-refractivity contribution in [3.05, 3.63) is 267 Å².